The van der Waals surface area contributed by atoms with Gasteiger partial charge in [-0.15, -0.1) is 0 Å². The normalized spacial score (nSPS) is 16.5. The van der Waals surface area contributed by atoms with Crippen LogP contribution < -0.4 is 0 Å². The van der Waals surface area contributed by atoms with Crippen LogP contribution in [0.1, 0.15) is 21.7 Å². The molecule has 0 amide bonds. The van der Waals surface area contributed by atoms with E-state index in [-0.39, 0.29) is 17.3 Å². The highest BCUT2D eigenvalue weighted by atomic mass is 16.3. The Hall–Kier alpha value is -2.57. The summed E-state index contributed by atoms with van der Waals surface area (Å²) < 4.78 is 10.8. The zero-order valence-electron chi connectivity index (χ0n) is 14.1. The van der Waals surface area contributed by atoms with Crippen molar-refractivity contribution >= 4 is 16.8 Å². The van der Waals surface area contributed by atoms with E-state index in [1.54, 1.807) is 24.3 Å². The van der Waals surface area contributed by atoms with Gasteiger partial charge in [-0.25, -0.2) is 0 Å². The molecule has 130 valence electrons. The van der Waals surface area contributed by atoms with E-state index in [2.05, 4.69) is 16.8 Å². The molecule has 2 aromatic heterocycles. The standard InChI is InChI=1S/C19H20N2O4/c1-20-6-8-21(9-7-20)11-13-15(22)4-5-16-18(13)14(12-25-16)19(23)17-3-2-10-24-17/h2-5,10,12,22H,6-9,11H2,1H3. The number of furan rings is 2. The Labute approximate surface area is 145 Å². The fourth-order valence-corrected chi connectivity index (χ4v) is 3.29. The van der Waals surface area contributed by atoms with Crippen molar-refractivity contribution in [3.8, 4) is 5.75 Å². The summed E-state index contributed by atoms with van der Waals surface area (Å²) in [6.07, 6.45) is 2.92. The van der Waals surface area contributed by atoms with Gasteiger partial charge in [0.25, 0.3) is 0 Å². The monoisotopic (exact) mass is 340 g/mol. The third-order valence-corrected chi connectivity index (χ3v) is 4.79. The van der Waals surface area contributed by atoms with E-state index < -0.39 is 0 Å². The van der Waals surface area contributed by atoms with Crippen LogP contribution in [-0.4, -0.2) is 53.9 Å². The number of likely N-dealkylation sites (N-methyl/N-ethyl adjacent to an activating group) is 1. The van der Waals surface area contributed by atoms with Gasteiger partial charge in [0.05, 0.1) is 11.8 Å². The van der Waals surface area contributed by atoms with Crippen LogP contribution in [-0.2, 0) is 6.54 Å². The molecule has 25 heavy (non-hydrogen) atoms. The second-order valence-corrected chi connectivity index (χ2v) is 6.47. The molecular formula is C19H20N2O4. The molecule has 0 bridgehead atoms. The molecular weight excluding hydrogens is 320 g/mol. The Morgan fingerprint density at radius 3 is 2.68 bits per heavy atom. The summed E-state index contributed by atoms with van der Waals surface area (Å²) in [5, 5.41) is 11.1. The van der Waals surface area contributed by atoms with Gasteiger partial charge in [0.1, 0.15) is 17.6 Å². The molecule has 0 spiro atoms. The van der Waals surface area contributed by atoms with E-state index in [1.807, 2.05) is 0 Å². The van der Waals surface area contributed by atoms with Gasteiger partial charge in [-0.2, -0.15) is 0 Å². The Kier molecular flexibility index (Phi) is 4.07. The second kappa shape index (κ2) is 6.38. The van der Waals surface area contributed by atoms with Crippen LogP contribution in [0.2, 0.25) is 0 Å². The number of hydrogen-bond acceptors (Lipinski definition) is 6. The smallest absolute Gasteiger partial charge is 0.232 e. The lowest BCUT2D eigenvalue weighted by atomic mass is 10.0. The lowest BCUT2D eigenvalue weighted by molar-refractivity contribution is 0.101. The van der Waals surface area contributed by atoms with Crippen molar-refractivity contribution in [3.63, 3.8) is 0 Å². The minimum absolute atomic E-state index is 0.182. The Bertz CT molecular complexity index is 890. The van der Waals surface area contributed by atoms with Crippen LogP contribution >= 0.6 is 0 Å². The van der Waals surface area contributed by atoms with Crippen LogP contribution in [0.15, 0.2) is 45.6 Å². The number of nitrogens with zero attached hydrogens (tertiary/aromatic N) is 2. The van der Waals surface area contributed by atoms with E-state index in [4.69, 9.17) is 8.83 Å². The number of fused-ring (bicyclic) bond motifs is 1. The first-order valence-corrected chi connectivity index (χ1v) is 8.34. The third-order valence-electron chi connectivity index (χ3n) is 4.79. The van der Waals surface area contributed by atoms with Gasteiger partial charge in [-0.3, -0.25) is 9.69 Å². The molecule has 1 aromatic carbocycles. The largest absolute Gasteiger partial charge is 0.508 e. The molecule has 1 saturated heterocycles. The number of hydrogen-bond donors (Lipinski definition) is 1. The number of carbonyl (C=O) groups excluding carboxylic acids is 1. The molecule has 0 aliphatic carbocycles. The molecule has 4 rings (SSSR count). The first kappa shape index (κ1) is 15.9. The van der Waals surface area contributed by atoms with Crippen molar-refractivity contribution in [1.82, 2.24) is 9.80 Å². The molecule has 3 aromatic rings. The predicted molar refractivity (Wildman–Crippen MR) is 92.8 cm³/mol. The summed E-state index contributed by atoms with van der Waals surface area (Å²) in [7, 11) is 2.10. The van der Waals surface area contributed by atoms with Crippen LogP contribution in [0.4, 0.5) is 0 Å². The summed E-state index contributed by atoms with van der Waals surface area (Å²) in [4.78, 5) is 17.3. The van der Waals surface area contributed by atoms with Crippen LogP contribution in [0.3, 0.4) is 0 Å². The maximum Gasteiger partial charge on any atom is 0.232 e. The van der Waals surface area contributed by atoms with Gasteiger partial charge < -0.3 is 18.8 Å². The van der Waals surface area contributed by atoms with Gasteiger partial charge in [-0.1, -0.05) is 0 Å². The van der Waals surface area contributed by atoms with Crippen LogP contribution in [0.25, 0.3) is 11.0 Å². The van der Waals surface area contributed by atoms with E-state index in [0.29, 0.717) is 23.1 Å². The quantitative estimate of drug-likeness (QED) is 0.737. The van der Waals surface area contributed by atoms with Crippen molar-refractivity contribution in [2.24, 2.45) is 0 Å². The summed E-state index contributed by atoms with van der Waals surface area (Å²) in [5.41, 5.74) is 1.74. The highest BCUT2D eigenvalue weighted by Crippen LogP contribution is 2.33. The fourth-order valence-electron chi connectivity index (χ4n) is 3.29. The third kappa shape index (κ3) is 2.94. The Morgan fingerprint density at radius 2 is 1.96 bits per heavy atom. The summed E-state index contributed by atoms with van der Waals surface area (Å²) in [5.74, 6) is 0.201. The molecule has 0 unspecified atom stereocenters. The molecule has 1 aliphatic rings. The van der Waals surface area contributed by atoms with Crippen molar-refractivity contribution in [2.75, 3.05) is 33.2 Å². The van der Waals surface area contributed by atoms with E-state index in [9.17, 15) is 9.90 Å². The highest BCUT2D eigenvalue weighted by molar-refractivity contribution is 6.15. The summed E-state index contributed by atoms with van der Waals surface area (Å²) in [6.45, 7) is 4.40. The fraction of sp³-hybridized carbons (Fsp3) is 0.316. The van der Waals surface area contributed by atoms with Gasteiger partial charge in [0, 0.05) is 43.7 Å². The molecule has 1 fully saturated rings. The summed E-state index contributed by atoms with van der Waals surface area (Å²) >= 11 is 0. The van der Waals surface area contributed by atoms with Crippen LogP contribution in [0, 0.1) is 0 Å². The lowest BCUT2D eigenvalue weighted by Crippen LogP contribution is -2.43. The number of aromatic hydroxyl groups is 1. The zero-order chi connectivity index (χ0) is 17.4. The van der Waals surface area contributed by atoms with E-state index in [0.717, 1.165) is 31.7 Å². The van der Waals surface area contributed by atoms with Gasteiger partial charge in [0.15, 0.2) is 5.76 Å². The van der Waals surface area contributed by atoms with Gasteiger partial charge in [-0.05, 0) is 31.3 Å². The lowest BCUT2D eigenvalue weighted by Gasteiger charge is -2.32. The summed E-state index contributed by atoms with van der Waals surface area (Å²) in [6, 6.07) is 6.62. The Balaban J connectivity index is 1.74. The average molecular weight is 340 g/mol. The SMILES string of the molecule is CN1CCN(Cc2c(O)ccc3occ(C(=O)c4ccco4)c23)CC1. The number of carbonyl (C=O) groups is 1. The topological polar surface area (TPSA) is 70.1 Å². The second-order valence-electron chi connectivity index (χ2n) is 6.47. The number of phenols is 1. The molecule has 6 heteroatoms. The highest BCUT2D eigenvalue weighted by Gasteiger charge is 2.24. The molecule has 1 N–H and O–H groups in total. The average Bonchev–Trinajstić information content (AvgIpc) is 3.28. The number of benzene rings is 1. The maximum atomic E-state index is 12.7. The number of piperazine rings is 1. The molecule has 6 nitrogen and oxygen atoms in total. The number of phenolic OH excluding ortho intramolecular Hbond substituents is 1. The first-order valence-electron chi connectivity index (χ1n) is 8.34. The predicted octanol–water partition coefficient (Wildman–Crippen LogP) is 2.71. The van der Waals surface area contributed by atoms with Crippen molar-refractivity contribution in [3.05, 3.63) is 53.7 Å². The molecule has 1 aliphatic heterocycles. The van der Waals surface area contributed by atoms with E-state index >= 15 is 0 Å². The molecule has 0 atom stereocenters. The molecule has 3 heterocycles. The van der Waals surface area contributed by atoms with Gasteiger partial charge in [0.2, 0.25) is 5.78 Å². The zero-order valence-corrected chi connectivity index (χ0v) is 14.1. The number of rotatable bonds is 4. The van der Waals surface area contributed by atoms with Crippen molar-refractivity contribution in [1.29, 1.82) is 0 Å². The Morgan fingerprint density at radius 1 is 1.16 bits per heavy atom. The molecule has 0 radical (unpaired) electrons. The maximum absolute atomic E-state index is 12.7. The van der Waals surface area contributed by atoms with Crippen LogP contribution in [0.5, 0.6) is 5.75 Å². The van der Waals surface area contributed by atoms with E-state index in [1.165, 1.54) is 12.5 Å². The first-order chi connectivity index (χ1) is 12.1. The van der Waals surface area contributed by atoms with Crippen molar-refractivity contribution < 1.29 is 18.7 Å². The van der Waals surface area contributed by atoms with Gasteiger partial charge >= 0.3 is 0 Å². The minimum atomic E-state index is -0.242. The molecule has 0 saturated carbocycles. The number of ketones is 1. The minimum Gasteiger partial charge on any atom is -0.508 e. The van der Waals surface area contributed by atoms with Crippen molar-refractivity contribution in [2.45, 2.75) is 6.54 Å².